The van der Waals surface area contributed by atoms with Crippen molar-refractivity contribution < 1.29 is 9.53 Å². The van der Waals surface area contributed by atoms with Crippen LogP contribution in [0, 0.1) is 6.92 Å². The maximum Gasteiger partial charge on any atom is 0.316 e. The molecule has 0 unspecified atom stereocenters. The second kappa shape index (κ2) is 5.75. The molecule has 1 amide bonds. The third-order valence-corrected chi connectivity index (χ3v) is 2.74. The largest absolute Gasteiger partial charge is 0.496 e. The fourth-order valence-corrected chi connectivity index (χ4v) is 1.56. The molecular weight excluding hydrogens is 226 g/mol. The molecule has 0 saturated carbocycles. The van der Waals surface area contributed by atoms with Gasteiger partial charge in [-0.3, -0.25) is 4.79 Å². The summed E-state index contributed by atoms with van der Waals surface area (Å²) in [7, 11) is 3.32. The van der Waals surface area contributed by atoms with Crippen LogP contribution in [-0.2, 0) is 6.42 Å². The molecule has 0 heterocycles. The summed E-state index contributed by atoms with van der Waals surface area (Å²) in [6, 6.07) is 6.00. The molecule has 1 rings (SSSR count). The molecule has 0 aliphatic carbocycles. The van der Waals surface area contributed by atoms with Crippen molar-refractivity contribution in [2.45, 2.75) is 13.3 Å². The van der Waals surface area contributed by atoms with E-state index in [2.05, 4.69) is 6.07 Å². The Morgan fingerprint density at radius 3 is 2.75 bits per heavy atom. The van der Waals surface area contributed by atoms with E-state index in [1.54, 1.807) is 14.2 Å². The molecule has 3 nitrogen and oxygen atoms in total. The maximum atomic E-state index is 10.8. The Morgan fingerprint density at radius 2 is 2.19 bits per heavy atom. The summed E-state index contributed by atoms with van der Waals surface area (Å²) in [5.74, 6) is 0.848. The Labute approximate surface area is 101 Å². The molecule has 88 valence electrons. The van der Waals surface area contributed by atoms with Crippen LogP contribution in [0.4, 0.5) is 4.79 Å². The van der Waals surface area contributed by atoms with Gasteiger partial charge in [0.2, 0.25) is 0 Å². The normalized spacial score (nSPS) is 10.0. The first-order valence-electron chi connectivity index (χ1n) is 5.08. The van der Waals surface area contributed by atoms with Crippen molar-refractivity contribution in [1.82, 2.24) is 4.90 Å². The van der Waals surface area contributed by atoms with E-state index in [1.807, 2.05) is 19.1 Å². The number of carbonyl (C=O) groups is 1. The van der Waals surface area contributed by atoms with Gasteiger partial charge in [0.1, 0.15) is 5.75 Å². The second-order valence-electron chi connectivity index (χ2n) is 3.74. The monoisotopic (exact) mass is 241 g/mol. The fourth-order valence-electron chi connectivity index (χ4n) is 1.48. The predicted molar refractivity (Wildman–Crippen MR) is 65.3 cm³/mol. The van der Waals surface area contributed by atoms with Gasteiger partial charge in [-0.15, -0.1) is 0 Å². The van der Waals surface area contributed by atoms with Gasteiger partial charge in [0.05, 0.1) is 7.11 Å². The topological polar surface area (TPSA) is 29.5 Å². The molecule has 0 atom stereocenters. The van der Waals surface area contributed by atoms with E-state index in [-0.39, 0.29) is 0 Å². The fraction of sp³-hybridized carbons (Fsp3) is 0.417. The number of amides is 1. The van der Waals surface area contributed by atoms with Gasteiger partial charge >= 0.3 is 5.37 Å². The van der Waals surface area contributed by atoms with Crippen molar-refractivity contribution in [3.8, 4) is 5.75 Å². The van der Waals surface area contributed by atoms with Crippen molar-refractivity contribution in [3.05, 3.63) is 29.3 Å². The number of likely N-dealkylation sites (N-methyl/N-ethyl adjacent to an activating group) is 1. The molecule has 0 spiro atoms. The van der Waals surface area contributed by atoms with Crippen LogP contribution in [0.5, 0.6) is 5.75 Å². The lowest BCUT2D eigenvalue weighted by atomic mass is 10.1. The summed E-state index contributed by atoms with van der Waals surface area (Å²) in [6.45, 7) is 2.61. The highest BCUT2D eigenvalue weighted by molar-refractivity contribution is 6.62. The summed E-state index contributed by atoms with van der Waals surface area (Å²) in [4.78, 5) is 12.3. The van der Waals surface area contributed by atoms with E-state index in [1.165, 1.54) is 10.5 Å². The number of methoxy groups -OCH3 is 1. The first kappa shape index (κ1) is 12.8. The van der Waals surface area contributed by atoms with Crippen molar-refractivity contribution in [3.63, 3.8) is 0 Å². The average molecular weight is 242 g/mol. The highest BCUT2D eigenvalue weighted by Gasteiger charge is 2.07. The second-order valence-corrected chi connectivity index (χ2v) is 4.06. The predicted octanol–water partition coefficient (Wildman–Crippen LogP) is 2.84. The molecule has 0 saturated heterocycles. The quantitative estimate of drug-likeness (QED) is 0.599. The van der Waals surface area contributed by atoms with Crippen LogP contribution < -0.4 is 4.74 Å². The third kappa shape index (κ3) is 3.42. The van der Waals surface area contributed by atoms with E-state index >= 15 is 0 Å². The zero-order valence-corrected chi connectivity index (χ0v) is 10.5. The summed E-state index contributed by atoms with van der Waals surface area (Å²) >= 11 is 5.36. The highest BCUT2D eigenvalue weighted by Crippen LogP contribution is 2.20. The van der Waals surface area contributed by atoms with Gasteiger partial charge in [0.15, 0.2) is 0 Å². The molecule has 0 bridgehead atoms. The zero-order valence-electron chi connectivity index (χ0n) is 9.79. The molecule has 1 aromatic carbocycles. The standard InChI is InChI=1S/C12H16ClNO2/c1-9-4-5-11(16-3)10(8-9)6-7-14(2)12(13)15/h4-5,8H,6-7H2,1-3H3. The lowest BCUT2D eigenvalue weighted by Crippen LogP contribution is -2.23. The van der Waals surface area contributed by atoms with Crippen molar-refractivity contribution in [2.24, 2.45) is 0 Å². The molecular formula is C12H16ClNO2. The summed E-state index contributed by atoms with van der Waals surface area (Å²) in [6.07, 6.45) is 0.736. The Bertz CT molecular complexity index is 379. The van der Waals surface area contributed by atoms with Crippen molar-refractivity contribution >= 4 is 17.0 Å². The molecule has 0 aromatic heterocycles. The van der Waals surface area contributed by atoms with Gasteiger partial charge in [0, 0.05) is 13.6 Å². The number of rotatable bonds is 4. The number of ether oxygens (including phenoxy) is 1. The number of aryl methyl sites for hydroxylation is 1. The number of hydrogen-bond donors (Lipinski definition) is 0. The zero-order chi connectivity index (χ0) is 12.1. The molecule has 0 fully saturated rings. The number of hydrogen-bond acceptors (Lipinski definition) is 2. The Morgan fingerprint density at radius 1 is 1.50 bits per heavy atom. The Hall–Kier alpha value is -1.22. The van der Waals surface area contributed by atoms with Gasteiger partial charge < -0.3 is 9.64 Å². The first-order valence-corrected chi connectivity index (χ1v) is 5.46. The molecule has 1 aromatic rings. The number of benzene rings is 1. The first-order chi connectivity index (χ1) is 7.54. The van der Waals surface area contributed by atoms with Crippen LogP contribution in [0.3, 0.4) is 0 Å². The van der Waals surface area contributed by atoms with Crippen molar-refractivity contribution in [1.29, 1.82) is 0 Å². The minimum Gasteiger partial charge on any atom is -0.496 e. The van der Waals surface area contributed by atoms with Gasteiger partial charge in [-0.25, -0.2) is 0 Å². The molecule has 0 radical (unpaired) electrons. The smallest absolute Gasteiger partial charge is 0.316 e. The number of halogens is 1. The van der Waals surface area contributed by atoms with E-state index < -0.39 is 5.37 Å². The van der Waals surface area contributed by atoms with Crippen LogP contribution in [0.2, 0.25) is 0 Å². The van der Waals surface area contributed by atoms with Gasteiger partial charge in [-0.2, -0.15) is 0 Å². The summed E-state index contributed by atoms with van der Waals surface area (Å²) in [5.41, 5.74) is 2.27. The molecule has 0 aliphatic rings. The van der Waals surface area contributed by atoms with Gasteiger partial charge in [0.25, 0.3) is 0 Å². The van der Waals surface area contributed by atoms with Gasteiger partial charge in [-0.05, 0) is 36.6 Å². The molecule has 0 N–H and O–H groups in total. The van der Waals surface area contributed by atoms with Crippen molar-refractivity contribution in [2.75, 3.05) is 20.7 Å². The average Bonchev–Trinajstić information content (AvgIpc) is 2.25. The minimum absolute atomic E-state index is 0.438. The maximum absolute atomic E-state index is 10.8. The van der Waals surface area contributed by atoms with Crippen LogP contribution in [0.15, 0.2) is 18.2 Å². The Balaban J connectivity index is 2.72. The van der Waals surface area contributed by atoms with E-state index in [0.717, 1.165) is 17.7 Å². The molecule has 4 heteroatoms. The lowest BCUT2D eigenvalue weighted by molar-refractivity contribution is 0.232. The van der Waals surface area contributed by atoms with Crippen LogP contribution in [0.1, 0.15) is 11.1 Å². The third-order valence-electron chi connectivity index (χ3n) is 2.45. The minimum atomic E-state index is -0.438. The summed E-state index contributed by atoms with van der Waals surface area (Å²) in [5, 5.41) is -0.438. The van der Waals surface area contributed by atoms with E-state index in [0.29, 0.717) is 6.54 Å². The number of nitrogens with zero attached hydrogens (tertiary/aromatic N) is 1. The lowest BCUT2D eigenvalue weighted by Gasteiger charge is -2.15. The van der Waals surface area contributed by atoms with Crippen LogP contribution in [-0.4, -0.2) is 31.0 Å². The van der Waals surface area contributed by atoms with Gasteiger partial charge in [-0.1, -0.05) is 17.7 Å². The van der Waals surface area contributed by atoms with Crippen LogP contribution >= 0.6 is 11.6 Å². The number of carbonyl (C=O) groups excluding carboxylic acids is 1. The van der Waals surface area contributed by atoms with E-state index in [9.17, 15) is 4.79 Å². The van der Waals surface area contributed by atoms with Crippen LogP contribution in [0.25, 0.3) is 0 Å². The Kier molecular flexibility index (Phi) is 4.62. The molecule has 0 aliphatic heterocycles. The highest BCUT2D eigenvalue weighted by atomic mass is 35.5. The SMILES string of the molecule is COc1ccc(C)cc1CCN(C)C(=O)Cl. The van der Waals surface area contributed by atoms with E-state index in [4.69, 9.17) is 16.3 Å². The summed E-state index contributed by atoms with van der Waals surface area (Å²) < 4.78 is 5.26. The molecule has 16 heavy (non-hydrogen) atoms.